The summed E-state index contributed by atoms with van der Waals surface area (Å²) in [6.07, 6.45) is 4.60. The maximum atomic E-state index is 13.9. The first kappa shape index (κ1) is 14.3. The Bertz CT molecular complexity index is 854. The topological polar surface area (TPSA) is 73.2 Å². The van der Waals surface area contributed by atoms with E-state index in [1.165, 1.54) is 0 Å². The monoisotopic (exact) mass is 327 g/mol. The highest BCUT2D eigenvalue weighted by molar-refractivity contribution is 5.60. The minimum Gasteiger partial charge on any atom is -0.486 e. The van der Waals surface area contributed by atoms with E-state index < -0.39 is 5.82 Å². The summed E-state index contributed by atoms with van der Waals surface area (Å²) in [6.45, 7) is 1.05. The number of ether oxygens (including phenoxy) is 2. The third-order valence-electron chi connectivity index (χ3n) is 3.38. The molecule has 1 aliphatic heterocycles. The lowest BCUT2D eigenvalue weighted by Crippen LogP contribution is -2.15. The van der Waals surface area contributed by atoms with Crippen LogP contribution in [0.25, 0.3) is 0 Å². The van der Waals surface area contributed by atoms with Crippen LogP contribution in [0.2, 0.25) is 0 Å². The van der Waals surface area contributed by atoms with Gasteiger partial charge in [0.2, 0.25) is 5.95 Å². The maximum absolute atomic E-state index is 13.9. The average molecular weight is 327 g/mol. The Hall–Kier alpha value is -3.29. The lowest BCUT2D eigenvalue weighted by molar-refractivity contribution is 0.171. The second kappa shape index (κ2) is 6.07. The van der Waals surface area contributed by atoms with Crippen molar-refractivity contribution in [1.82, 2.24) is 14.6 Å². The number of fused-ring (bicyclic) bond motifs is 1. The van der Waals surface area contributed by atoms with Crippen LogP contribution < -0.4 is 20.2 Å². The highest BCUT2D eigenvalue weighted by atomic mass is 19.1. The van der Waals surface area contributed by atoms with Gasteiger partial charge in [0, 0.05) is 24.1 Å². The standard InChI is InChI=1S/C16H14FN5O2/c17-12-10-18-16(20-15(12)21-22-5-1-2-6-22)19-11-3-4-13-14(9-11)24-8-7-23-13/h1-6,9-10H,7-8H2,(H2,18,19,20,21). The van der Waals surface area contributed by atoms with Gasteiger partial charge in [-0.15, -0.1) is 0 Å². The molecule has 3 heterocycles. The summed E-state index contributed by atoms with van der Waals surface area (Å²) in [7, 11) is 0. The van der Waals surface area contributed by atoms with Gasteiger partial charge in [-0.2, -0.15) is 4.98 Å². The van der Waals surface area contributed by atoms with Gasteiger partial charge >= 0.3 is 0 Å². The van der Waals surface area contributed by atoms with Crippen molar-refractivity contribution >= 4 is 17.5 Å². The Morgan fingerprint density at radius 3 is 2.71 bits per heavy atom. The smallest absolute Gasteiger partial charge is 0.229 e. The van der Waals surface area contributed by atoms with Gasteiger partial charge in [0.25, 0.3) is 0 Å². The number of hydrogen-bond donors (Lipinski definition) is 2. The molecule has 7 nitrogen and oxygen atoms in total. The predicted octanol–water partition coefficient (Wildman–Crippen LogP) is 2.81. The first-order valence-corrected chi connectivity index (χ1v) is 7.37. The molecule has 0 radical (unpaired) electrons. The van der Waals surface area contributed by atoms with E-state index in [0.717, 1.165) is 11.9 Å². The van der Waals surface area contributed by atoms with Crippen molar-refractivity contribution in [2.45, 2.75) is 0 Å². The SMILES string of the molecule is Fc1cnc(Nc2ccc3c(c2)OCCO3)nc1Nn1cccc1. The molecule has 4 rings (SSSR count). The van der Waals surface area contributed by atoms with Crippen LogP contribution in [0.4, 0.5) is 21.8 Å². The molecule has 0 saturated carbocycles. The van der Waals surface area contributed by atoms with E-state index >= 15 is 0 Å². The van der Waals surface area contributed by atoms with E-state index in [1.807, 2.05) is 18.2 Å². The van der Waals surface area contributed by atoms with Crippen LogP contribution in [-0.2, 0) is 0 Å². The first-order valence-electron chi connectivity index (χ1n) is 7.37. The molecule has 0 unspecified atom stereocenters. The van der Waals surface area contributed by atoms with Crippen molar-refractivity contribution < 1.29 is 13.9 Å². The summed E-state index contributed by atoms with van der Waals surface area (Å²) in [5.41, 5.74) is 3.55. The molecule has 3 aromatic rings. The second-order valence-electron chi connectivity index (χ2n) is 5.08. The molecule has 0 saturated heterocycles. The zero-order valence-corrected chi connectivity index (χ0v) is 12.6. The molecule has 24 heavy (non-hydrogen) atoms. The summed E-state index contributed by atoms with van der Waals surface area (Å²) in [6, 6.07) is 9.06. The van der Waals surface area contributed by atoms with Crippen molar-refractivity contribution in [3.63, 3.8) is 0 Å². The normalized spacial score (nSPS) is 12.7. The zero-order valence-electron chi connectivity index (χ0n) is 12.6. The zero-order chi connectivity index (χ0) is 16.4. The minimum absolute atomic E-state index is 0.0706. The van der Waals surface area contributed by atoms with Crippen LogP contribution in [0, 0.1) is 5.82 Å². The van der Waals surface area contributed by atoms with E-state index in [2.05, 4.69) is 20.7 Å². The van der Waals surface area contributed by atoms with Gasteiger partial charge in [0.1, 0.15) is 13.2 Å². The summed E-state index contributed by atoms with van der Waals surface area (Å²) in [4.78, 5) is 8.11. The quantitative estimate of drug-likeness (QED) is 0.768. The lowest BCUT2D eigenvalue weighted by atomic mass is 10.2. The molecule has 0 aliphatic carbocycles. The van der Waals surface area contributed by atoms with Gasteiger partial charge in [0.05, 0.1) is 6.20 Å². The van der Waals surface area contributed by atoms with E-state index in [0.29, 0.717) is 24.7 Å². The van der Waals surface area contributed by atoms with Crippen molar-refractivity contribution in [1.29, 1.82) is 0 Å². The molecule has 122 valence electrons. The van der Waals surface area contributed by atoms with Gasteiger partial charge in [-0.25, -0.2) is 9.37 Å². The highest BCUT2D eigenvalue weighted by Gasteiger charge is 2.13. The minimum atomic E-state index is -0.545. The maximum Gasteiger partial charge on any atom is 0.229 e. The van der Waals surface area contributed by atoms with Crippen LogP contribution in [0.1, 0.15) is 0 Å². The van der Waals surface area contributed by atoms with Gasteiger partial charge in [-0.1, -0.05) is 0 Å². The van der Waals surface area contributed by atoms with E-state index in [-0.39, 0.29) is 11.8 Å². The van der Waals surface area contributed by atoms with Crippen molar-refractivity contribution in [2.24, 2.45) is 0 Å². The van der Waals surface area contributed by atoms with E-state index in [1.54, 1.807) is 29.2 Å². The molecule has 0 bridgehead atoms. The third kappa shape index (κ3) is 2.94. The van der Waals surface area contributed by atoms with Gasteiger partial charge < -0.3 is 14.8 Å². The molecule has 0 spiro atoms. The summed E-state index contributed by atoms with van der Waals surface area (Å²) in [5, 5.41) is 3.03. The lowest BCUT2D eigenvalue weighted by Gasteiger charge is -2.19. The fourth-order valence-corrected chi connectivity index (χ4v) is 2.29. The van der Waals surface area contributed by atoms with Crippen LogP contribution in [0.3, 0.4) is 0 Å². The molecular formula is C16H14FN5O2. The van der Waals surface area contributed by atoms with Crippen LogP contribution in [-0.4, -0.2) is 27.9 Å². The Kier molecular flexibility index (Phi) is 3.62. The number of nitrogens with one attached hydrogen (secondary N) is 2. The molecule has 1 aromatic carbocycles. The number of anilines is 3. The largest absolute Gasteiger partial charge is 0.486 e. The van der Waals surface area contributed by atoms with Crippen LogP contribution in [0.5, 0.6) is 11.5 Å². The van der Waals surface area contributed by atoms with Crippen LogP contribution in [0.15, 0.2) is 48.9 Å². The Morgan fingerprint density at radius 2 is 1.88 bits per heavy atom. The summed E-state index contributed by atoms with van der Waals surface area (Å²) >= 11 is 0. The number of nitrogens with zero attached hydrogens (tertiary/aromatic N) is 3. The van der Waals surface area contributed by atoms with Crippen LogP contribution >= 0.6 is 0 Å². The van der Waals surface area contributed by atoms with Gasteiger partial charge in [-0.3, -0.25) is 10.1 Å². The molecule has 1 aliphatic rings. The number of aromatic nitrogens is 3. The molecule has 8 heteroatoms. The molecular weight excluding hydrogens is 313 g/mol. The summed E-state index contributed by atoms with van der Waals surface area (Å²) in [5.74, 6) is 1.14. The first-order chi connectivity index (χ1) is 11.8. The number of benzene rings is 1. The molecule has 0 fully saturated rings. The average Bonchev–Trinajstić information content (AvgIpc) is 3.11. The number of halogens is 1. The molecule has 0 atom stereocenters. The molecule has 2 N–H and O–H groups in total. The van der Waals surface area contributed by atoms with E-state index in [4.69, 9.17) is 9.47 Å². The fraction of sp³-hybridized carbons (Fsp3) is 0.125. The Labute approximate surface area is 137 Å². The van der Waals surface area contributed by atoms with Crippen molar-refractivity contribution in [3.8, 4) is 11.5 Å². The molecule has 2 aromatic heterocycles. The predicted molar refractivity (Wildman–Crippen MR) is 86.2 cm³/mol. The van der Waals surface area contributed by atoms with E-state index in [9.17, 15) is 4.39 Å². The van der Waals surface area contributed by atoms with Gasteiger partial charge in [-0.05, 0) is 24.3 Å². The van der Waals surface area contributed by atoms with Gasteiger partial charge in [0.15, 0.2) is 23.1 Å². The Morgan fingerprint density at radius 1 is 1.08 bits per heavy atom. The Balaban J connectivity index is 1.56. The third-order valence-corrected chi connectivity index (χ3v) is 3.38. The van der Waals surface area contributed by atoms with Crippen molar-refractivity contribution in [2.75, 3.05) is 24.0 Å². The molecule has 0 amide bonds. The summed E-state index contributed by atoms with van der Waals surface area (Å²) < 4.78 is 26.5. The van der Waals surface area contributed by atoms with Crippen molar-refractivity contribution in [3.05, 3.63) is 54.7 Å². The second-order valence-corrected chi connectivity index (χ2v) is 5.08. The number of rotatable bonds is 4. The fourth-order valence-electron chi connectivity index (χ4n) is 2.29. The highest BCUT2D eigenvalue weighted by Crippen LogP contribution is 2.33. The number of hydrogen-bond acceptors (Lipinski definition) is 6.